The third-order valence-electron chi connectivity index (χ3n) is 2.18. The van der Waals surface area contributed by atoms with Crippen LogP contribution in [0.25, 0.3) is 0 Å². The van der Waals surface area contributed by atoms with Crippen molar-refractivity contribution in [3.63, 3.8) is 0 Å². The number of carbonyl (C=O) groups excluding carboxylic acids is 1. The van der Waals surface area contributed by atoms with Crippen LogP contribution in [0.3, 0.4) is 0 Å². The Labute approximate surface area is 106 Å². The normalized spacial score (nSPS) is 9.94. The molecule has 2 rings (SSSR count). The number of benzene rings is 1. The Hall–Kier alpha value is -1.88. The van der Waals surface area contributed by atoms with Gasteiger partial charge in [0.05, 0.1) is 0 Å². The van der Waals surface area contributed by atoms with Gasteiger partial charge in [-0.2, -0.15) is 0 Å². The van der Waals surface area contributed by atoms with E-state index in [9.17, 15) is 9.59 Å². The van der Waals surface area contributed by atoms with E-state index in [1.807, 2.05) is 0 Å². The smallest absolute Gasteiger partial charge is 0.255 e. The molecular formula is C12H9BrN2O2. The number of H-pyrrole nitrogens is 1. The fraction of sp³-hybridized carbons (Fsp3) is 0. The van der Waals surface area contributed by atoms with E-state index in [1.165, 1.54) is 18.5 Å². The van der Waals surface area contributed by atoms with Crippen molar-refractivity contribution in [3.8, 4) is 0 Å². The summed E-state index contributed by atoms with van der Waals surface area (Å²) in [5.74, 6) is -0.311. The van der Waals surface area contributed by atoms with Crippen molar-refractivity contribution in [2.75, 3.05) is 5.32 Å². The first-order valence-electron chi connectivity index (χ1n) is 4.91. The molecular weight excluding hydrogens is 284 g/mol. The number of aromatic amines is 1. The van der Waals surface area contributed by atoms with E-state index < -0.39 is 0 Å². The molecule has 0 radical (unpaired) electrons. The standard InChI is InChI=1S/C12H9BrN2O2/c13-9-3-1-8(2-4-9)12(17)15-10-7-14-6-5-11(10)16/h1-7H,(H,14,16)(H,15,17). The molecule has 17 heavy (non-hydrogen) atoms. The fourth-order valence-electron chi connectivity index (χ4n) is 1.31. The van der Waals surface area contributed by atoms with E-state index in [0.717, 1.165) is 4.47 Å². The summed E-state index contributed by atoms with van der Waals surface area (Å²) in [6, 6.07) is 8.25. The highest BCUT2D eigenvalue weighted by Gasteiger charge is 2.07. The SMILES string of the molecule is O=C(Nc1c[nH]ccc1=O)c1ccc(Br)cc1. The van der Waals surface area contributed by atoms with Crippen molar-refractivity contribution in [3.05, 3.63) is 63.0 Å². The molecule has 5 heteroatoms. The number of aromatic nitrogens is 1. The average Bonchev–Trinajstić information content (AvgIpc) is 2.33. The summed E-state index contributed by atoms with van der Waals surface area (Å²) in [7, 11) is 0. The second kappa shape index (κ2) is 4.97. The molecule has 0 aliphatic rings. The highest BCUT2D eigenvalue weighted by Crippen LogP contribution is 2.11. The van der Waals surface area contributed by atoms with Gasteiger partial charge in [0, 0.05) is 28.5 Å². The average molecular weight is 293 g/mol. The Morgan fingerprint density at radius 3 is 2.53 bits per heavy atom. The van der Waals surface area contributed by atoms with Crippen LogP contribution in [0.2, 0.25) is 0 Å². The third-order valence-corrected chi connectivity index (χ3v) is 2.71. The van der Waals surface area contributed by atoms with E-state index in [0.29, 0.717) is 5.56 Å². The maximum absolute atomic E-state index is 11.8. The van der Waals surface area contributed by atoms with Gasteiger partial charge in [-0.25, -0.2) is 0 Å². The molecule has 2 N–H and O–H groups in total. The molecule has 0 saturated heterocycles. The predicted octanol–water partition coefficient (Wildman–Crippen LogP) is 2.39. The van der Waals surface area contributed by atoms with Gasteiger partial charge in [-0.05, 0) is 24.3 Å². The Morgan fingerprint density at radius 1 is 1.18 bits per heavy atom. The summed E-state index contributed by atoms with van der Waals surface area (Å²) < 4.78 is 0.895. The molecule has 0 fully saturated rings. The Kier molecular flexibility index (Phi) is 3.39. The van der Waals surface area contributed by atoms with E-state index in [-0.39, 0.29) is 17.0 Å². The summed E-state index contributed by atoms with van der Waals surface area (Å²) in [4.78, 5) is 25.9. The van der Waals surface area contributed by atoms with E-state index >= 15 is 0 Å². The van der Waals surface area contributed by atoms with Crippen LogP contribution < -0.4 is 10.7 Å². The first-order valence-corrected chi connectivity index (χ1v) is 5.70. The zero-order valence-corrected chi connectivity index (χ0v) is 10.3. The molecule has 0 bridgehead atoms. The van der Waals surface area contributed by atoms with Crippen molar-refractivity contribution < 1.29 is 4.79 Å². The van der Waals surface area contributed by atoms with Crippen LogP contribution in [0.4, 0.5) is 5.69 Å². The molecule has 0 atom stereocenters. The maximum Gasteiger partial charge on any atom is 0.255 e. The quantitative estimate of drug-likeness (QED) is 0.893. The van der Waals surface area contributed by atoms with Crippen LogP contribution >= 0.6 is 15.9 Å². The first kappa shape index (κ1) is 11.6. The van der Waals surface area contributed by atoms with Crippen LogP contribution in [0.5, 0.6) is 0 Å². The van der Waals surface area contributed by atoms with E-state index in [1.54, 1.807) is 24.3 Å². The molecule has 1 heterocycles. The molecule has 0 saturated carbocycles. The first-order chi connectivity index (χ1) is 8.16. The van der Waals surface area contributed by atoms with E-state index in [2.05, 4.69) is 26.2 Å². The molecule has 1 aromatic carbocycles. The number of pyridine rings is 1. The van der Waals surface area contributed by atoms with Gasteiger partial charge in [-0.3, -0.25) is 9.59 Å². The van der Waals surface area contributed by atoms with Crippen LogP contribution in [0.15, 0.2) is 52.0 Å². The van der Waals surface area contributed by atoms with Crippen molar-refractivity contribution in [1.29, 1.82) is 0 Å². The lowest BCUT2D eigenvalue weighted by Gasteiger charge is -2.03. The molecule has 0 aliphatic heterocycles. The van der Waals surface area contributed by atoms with Gasteiger partial charge < -0.3 is 10.3 Å². The summed E-state index contributed by atoms with van der Waals surface area (Å²) in [6.45, 7) is 0. The fourth-order valence-corrected chi connectivity index (χ4v) is 1.57. The zero-order chi connectivity index (χ0) is 12.3. The van der Waals surface area contributed by atoms with Crippen LogP contribution in [-0.4, -0.2) is 10.9 Å². The number of nitrogens with one attached hydrogen (secondary N) is 2. The van der Waals surface area contributed by atoms with E-state index in [4.69, 9.17) is 0 Å². The van der Waals surface area contributed by atoms with Gasteiger partial charge in [0.2, 0.25) is 5.43 Å². The van der Waals surface area contributed by atoms with Gasteiger partial charge in [0.1, 0.15) is 5.69 Å². The number of carbonyl (C=O) groups is 1. The maximum atomic E-state index is 11.8. The topological polar surface area (TPSA) is 62.0 Å². The number of hydrogen-bond acceptors (Lipinski definition) is 2. The van der Waals surface area contributed by atoms with Gasteiger partial charge in [-0.15, -0.1) is 0 Å². The minimum absolute atomic E-state index is 0.228. The molecule has 0 aliphatic carbocycles. The second-order valence-corrected chi connectivity index (χ2v) is 4.30. The van der Waals surface area contributed by atoms with Crippen LogP contribution in [0, 0.1) is 0 Å². The minimum atomic E-state index is -0.311. The highest BCUT2D eigenvalue weighted by molar-refractivity contribution is 9.10. The van der Waals surface area contributed by atoms with Gasteiger partial charge in [0.15, 0.2) is 0 Å². The monoisotopic (exact) mass is 292 g/mol. The Bertz CT molecular complexity index is 590. The van der Waals surface area contributed by atoms with Crippen LogP contribution in [-0.2, 0) is 0 Å². The molecule has 1 amide bonds. The van der Waals surface area contributed by atoms with Gasteiger partial charge >= 0.3 is 0 Å². The number of amides is 1. The highest BCUT2D eigenvalue weighted by atomic mass is 79.9. The number of halogens is 1. The zero-order valence-electron chi connectivity index (χ0n) is 8.74. The summed E-state index contributed by atoms with van der Waals surface area (Å²) >= 11 is 3.29. The van der Waals surface area contributed by atoms with Crippen LogP contribution in [0.1, 0.15) is 10.4 Å². The third kappa shape index (κ3) is 2.82. The number of hydrogen-bond donors (Lipinski definition) is 2. The van der Waals surface area contributed by atoms with Gasteiger partial charge in [-0.1, -0.05) is 15.9 Å². The molecule has 4 nitrogen and oxygen atoms in total. The minimum Gasteiger partial charge on any atom is -0.366 e. The summed E-state index contributed by atoms with van der Waals surface area (Å²) in [5.41, 5.74) is 0.506. The largest absolute Gasteiger partial charge is 0.366 e. The Morgan fingerprint density at radius 2 is 1.88 bits per heavy atom. The van der Waals surface area contributed by atoms with Crippen molar-refractivity contribution in [1.82, 2.24) is 4.98 Å². The predicted molar refractivity (Wildman–Crippen MR) is 69.2 cm³/mol. The van der Waals surface area contributed by atoms with Crippen molar-refractivity contribution in [2.24, 2.45) is 0 Å². The lowest BCUT2D eigenvalue weighted by atomic mass is 10.2. The number of anilines is 1. The molecule has 2 aromatic rings. The molecule has 0 spiro atoms. The molecule has 1 aromatic heterocycles. The van der Waals surface area contributed by atoms with Crippen molar-refractivity contribution >= 4 is 27.5 Å². The summed E-state index contributed by atoms with van der Waals surface area (Å²) in [6.07, 6.45) is 2.97. The Balaban J connectivity index is 2.20. The second-order valence-electron chi connectivity index (χ2n) is 3.38. The lowest BCUT2D eigenvalue weighted by molar-refractivity contribution is 0.102. The molecule has 86 valence electrons. The number of rotatable bonds is 2. The molecule has 0 unspecified atom stereocenters. The summed E-state index contributed by atoms with van der Waals surface area (Å²) in [5, 5.41) is 2.55. The van der Waals surface area contributed by atoms with Crippen molar-refractivity contribution in [2.45, 2.75) is 0 Å². The lowest BCUT2D eigenvalue weighted by Crippen LogP contribution is -2.17. The van der Waals surface area contributed by atoms with Gasteiger partial charge in [0.25, 0.3) is 5.91 Å².